The van der Waals surface area contributed by atoms with Crippen LogP contribution in [-0.4, -0.2) is 31.7 Å². The molecular weight excluding hydrogens is 272 g/mol. The van der Waals surface area contributed by atoms with Gasteiger partial charge in [0.05, 0.1) is 11.3 Å². The molecule has 0 unspecified atom stereocenters. The number of aromatic amines is 1. The molecule has 0 atom stereocenters. The Morgan fingerprint density at radius 3 is 2.85 bits per heavy atom. The minimum atomic E-state index is 0.0989. The third kappa shape index (κ3) is 2.27. The van der Waals surface area contributed by atoms with Gasteiger partial charge >= 0.3 is 0 Å². The van der Waals surface area contributed by atoms with Gasteiger partial charge in [-0.05, 0) is 32.4 Å². The molecular formula is C14H14N4OS. The molecule has 1 N–H and O–H groups in total. The largest absolute Gasteiger partial charge is 0.337 e. The maximum absolute atomic E-state index is 11.0. The van der Waals surface area contributed by atoms with E-state index in [1.165, 1.54) is 17.3 Å². The monoisotopic (exact) mass is 286 g/mol. The molecule has 0 saturated carbocycles. The quantitative estimate of drug-likeness (QED) is 0.750. The summed E-state index contributed by atoms with van der Waals surface area (Å²) >= 11 is 1.31. The normalized spacial score (nSPS) is 11.3. The van der Waals surface area contributed by atoms with Crippen molar-refractivity contribution in [3.63, 3.8) is 0 Å². The van der Waals surface area contributed by atoms with Crippen LogP contribution in [0.25, 0.3) is 22.1 Å². The van der Waals surface area contributed by atoms with Gasteiger partial charge in [-0.25, -0.2) is 4.98 Å². The molecule has 20 heavy (non-hydrogen) atoms. The molecule has 0 spiro atoms. The highest BCUT2D eigenvalue weighted by molar-refractivity contribution is 7.99. The predicted octanol–water partition coefficient (Wildman–Crippen LogP) is 2.80. The summed E-state index contributed by atoms with van der Waals surface area (Å²) in [5.74, 6) is 0.466. The van der Waals surface area contributed by atoms with E-state index in [1.807, 2.05) is 0 Å². The van der Waals surface area contributed by atoms with Crippen molar-refractivity contribution in [1.82, 2.24) is 20.2 Å². The molecule has 0 bridgehead atoms. The highest BCUT2D eigenvalue weighted by Gasteiger charge is 2.11. The van der Waals surface area contributed by atoms with Gasteiger partial charge in [0.2, 0.25) is 5.16 Å². The van der Waals surface area contributed by atoms with Crippen LogP contribution in [0.5, 0.6) is 0 Å². The first-order valence-electron chi connectivity index (χ1n) is 6.30. The van der Waals surface area contributed by atoms with Crippen LogP contribution in [0.3, 0.4) is 0 Å². The van der Waals surface area contributed by atoms with E-state index in [-0.39, 0.29) is 5.78 Å². The molecule has 2 aromatic heterocycles. The summed E-state index contributed by atoms with van der Waals surface area (Å²) in [4.78, 5) is 18.7. The van der Waals surface area contributed by atoms with Crippen molar-refractivity contribution < 1.29 is 4.79 Å². The van der Waals surface area contributed by atoms with Gasteiger partial charge in [-0.2, -0.15) is 0 Å². The van der Waals surface area contributed by atoms with Gasteiger partial charge in [0.1, 0.15) is 11.3 Å². The Morgan fingerprint density at radius 2 is 2.10 bits per heavy atom. The SMILES string of the molecule is CC(=O)CSc1nnc2c(n1)[nH]c1c(C)cc(C)cc12. The second-order valence-electron chi connectivity index (χ2n) is 4.91. The molecule has 6 heteroatoms. The van der Waals surface area contributed by atoms with Crippen LogP contribution in [0.4, 0.5) is 0 Å². The molecule has 0 fully saturated rings. The van der Waals surface area contributed by atoms with E-state index < -0.39 is 0 Å². The van der Waals surface area contributed by atoms with Crippen molar-refractivity contribution in [3.8, 4) is 0 Å². The molecule has 0 aliphatic rings. The number of fused-ring (bicyclic) bond motifs is 3. The minimum absolute atomic E-state index is 0.0989. The molecule has 0 saturated heterocycles. The zero-order chi connectivity index (χ0) is 14.3. The number of nitrogens with zero attached hydrogens (tertiary/aromatic N) is 3. The summed E-state index contributed by atoms with van der Waals surface area (Å²) in [5, 5.41) is 9.91. The number of hydrogen-bond acceptors (Lipinski definition) is 5. The Hall–Kier alpha value is -1.95. The highest BCUT2D eigenvalue weighted by atomic mass is 32.2. The summed E-state index contributed by atoms with van der Waals surface area (Å²) in [7, 11) is 0. The molecule has 3 aromatic rings. The lowest BCUT2D eigenvalue weighted by Gasteiger charge is -1.98. The number of carbonyl (C=O) groups is 1. The minimum Gasteiger partial charge on any atom is -0.337 e. The number of aromatic nitrogens is 4. The van der Waals surface area contributed by atoms with E-state index in [4.69, 9.17) is 0 Å². The number of aryl methyl sites for hydroxylation is 2. The molecule has 5 nitrogen and oxygen atoms in total. The van der Waals surface area contributed by atoms with Crippen LogP contribution < -0.4 is 0 Å². The second kappa shape index (κ2) is 4.86. The number of nitrogens with one attached hydrogen (secondary N) is 1. The van der Waals surface area contributed by atoms with E-state index in [0.717, 1.165) is 27.6 Å². The predicted molar refractivity (Wildman–Crippen MR) is 80.1 cm³/mol. The first-order valence-corrected chi connectivity index (χ1v) is 7.29. The number of hydrogen-bond donors (Lipinski definition) is 1. The number of carbonyl (C=O) groups excluding carboxylic acids is 1. The molecule has 0 aliphatic carbocycles. The zero-order valence-corrected chi connectivity index (χ0v) is 12.3. The number of benzene rings is 1. The Bertz CT molecular complexity index is 825. The number of rotatable bonds is 3. The Morgan fingerprint density at radius 1 is 1.30 bits per heavy atom. The molecule has 2 heterocycles. The third-order valence-corrected chi connectivity index (χ3v) is 4.03. The Balaban J connectivity index is 2.13. The van der Waals surface area contributed by atoms with Gasteiger partial charge in [0.15, 0.2) is 5.65 Å². The van der Waals surface area contributed by atoms with E-state index in [2.05, 4.69) is 46.1 Å². The van der Waals surface area contributed by atoms with Crippen LogP contribution in [0.2, 0.25) is 0 Å². The number of thioether (sulfide) groups is 1. The van der Waals surface area contributed by atoms with Crippen LogP contribution in [-0.2, 0) is 4.79 Å². The van der Waals surface area contributed by atoms with Crippen LogP contribution in [0.1, 0.15) is 18.1 Å². The van der Waals surface area contributed by atoms with Crippen LogP contribution in [0.15, 0.2) is 17.3 Å². The average molecular weight is 286 g/mol. The van der Waals surface area contributed by atoms with Gasteiger partial charge in [-0.15, -0.1) is 10.2 Å². The van der Waals surface area contributed by atoms with Gasteiger partial charge in [0.25, 0.3) is 0 Å². The maximum atomic E-state index is 11.0. The molecule has 0 radical (unpaired) electrons. The molecule has 0 amide bonds. The molecule has 0 aliphatic heterocycles. The third-order valence-electron chi connectivity index (χ3n) is 3.05. The molecule has 1 aromatic carbocycles. The topological polar surface area (TPSA) is 71.5 Å². The van der Waals surface area contributed by atoms with Crippen molar-refractivity contribution >= 4 is 39.6 Å². The summed E-state index contributed by atoms with van der Waals surface area (Å²) < 4.78 is 0. The highest BCUT2D eigenvalue weighted by Crippen LogP contribution is 2.27. The lowest BCUT2D eigenvalue weighted by molar-refractivity contribution is -0.114. The Labute approximate surface area is 120 Å². The van der Waals surface area contributed by atoms with Crippen molar-refractivity contribution in [2.45, 2.75) is 25.9 Å². The summed E-state index contributed by atoms with van der Waals surface area (Å²) in [5.41, 5.74) is 4.89. The second-order valence-corrected chi connectivity index (χ2v) is 5.85. The average Bonchev–Trinajstić information content (AvgIpc) is 2.75. The van der Waals surface area contributed by atoms with Gasteiger partial charge < -0.3 is 4.98 Å². The molecule has 3 rings (SSSR count). The fraction of sp³-hybridized carbons (Fsp3) is 0.286. The van der Waals surface area contributed by atoms with Crippen molar-refractivity contribution in [1.29, 1.82) is 0 Å². The summed E-state index contributed by atoms with van der Waals surface area (Å²) in [6, 6.07) is 4.20. The first kappa shape index (κ1) is 13.1. The summed E-state index contributed by atoms with van der Waals surface area (Å²) in [6.45, 7) is 5.67. The lowest BCUT2D eigenvalue weighted by atomic mass is 10.1. The standard InChI is InChI=1S/C14H14N4OS/c1-7-4-8(2)11-10(5-7)12-13(15-11)16-14(18-17-12)20-6-9(3)19/h4-5H,6H2,1-3H3,(H,15,16,18). The van der Waals surface area contributed by atoms with Crippen molar-refractivity contribution in [2.75, 3.05) is 5.75 Å². The summed E-state index contributed by atoms with van der Waals surface area (Å²) in [6.07, 6.45) is 0. The van der Waals surface area contributed by atoms with Crippen LogP contribution >= 0.6 is 11.8 Å². The van der Waals surface area contributed by atoms with Gasteiger partial charge in [-0.3, -0.25) is 4.79 Å². The van der Waals surface area contributed by atoms with Crippen molar-refractivity contribution in [3.05, 3.63) is 23.3 Å². The van der Waals surface area contributed by atoms with E-state index >= 15 is 0 Å². The van der Waals surface area contributed by atoms with Gasteiger partial charge in [-0.1, -0.05) is 23.4 Å². The van der Waals surface area contributed by atoms with E-state index in [0.29, 0.717) is 10.9 Å². The Kier molecular flexibility index (Phi) is 3.17. The number of H-pyrrole nitrogens is 1. The zero-order valence-electron chi connectivity index (χ0n) is 11.5. The van der Waals surface area contributed by atoms with Crippen molar-refractivity contribution in [2.24, 2.45) is 0 Å². The number of Topliss-reactive ketones (excluding diaryl/α,β-unsaturated/α-hetero) is 1. The maximum Gasteiger partial charge on any atom is 0.211 e. The van der Waals surface area contributed by atoms with E-state index in [9.17, 15) is 4.79 Å². The number of ketones is 1. The first-order chi connectivity index (χ1) is 9.54. The smallest absolute Gasteiger partial charge is 0.211 e. The lowest BCUT2D eigenvalue weighted by Crippen LogP contribution is -1.97. The van der Waals surface area contributed by atoms with Gasteiger partial charge in [0, 0.05) is 5.39 Å². The van der Waals surface area contributed by atoms with E-state index in [1.54, 1.807) is 6.92 Å². The fourth-order valence-corrected chi connectivity index (χ4v) is 2.83. The van der Waals surface area contributed by atoms with Crippen LogP contribution in [0, 0.1) is 13.8 Å². The molecule has 102 valence electrons. The fourth-order valence-electron chi connectivity index (χ4n) is 2.25.